The number of fused-ring (bicyclic) bond motifs is 1. The van der Waals surface area contributed by atoms with Crippen molar-refractivity contribution in [1.29, 1.82) is 0 Å². The van der Waals surface area contributed by atoms with E-state index in [4.69, 9.17) is 16.3 Å². The van der Waals surface area contributed by atoms with Crippen molar-refractivity contribution in [3.63, 3.8) is 0 Å². The molecule has 1 aliphatic rings. The third kappa shape index (κ3) is 4.45. The minimum absolute atomic E-state index is 0.195. The average molecular weight is 471 g/mol. The maximum absolute atomic E-state index is 13.2. The Labute approximate surface area is 192 Å². The van der Waals surface area contributed by atoms with Crippen LogP contribution in [0.1, 0.15) is 16.7 Å². The summed E-state index contributed by atoms with van der Waals surface area (Å²) < 4.78 is 33.5. The summed E-state index contributed by atoms with van der Waals surface area (Å²) in [5.41, 5.74) is 3.88. The summed E-state index contributed by atoms with van der Waals surface area (Å²) in [5.74, 6) is 0.133. The van der Waals surface area contributed by atoms with Crippen LogP contribution in [0.5, 0.6) is 5.75 Å². The van der Waals surface area contributed by atoms with Gasteiger partial charge in [-0.2, -0.15) is 0 Å². The maximum atomic E-state index is 13.2. The van der Waals surface area contributed by atoms with Crippen LogP contribution in [0.4, 0.5) is 11.4 Å². The van der Waals surface area contributed by atoms with Crippen molar-refractivity contribution in [3.8, 4) is 5.75 Å². The summed E-state index contributed by atoms with van der Waals surface area (Å²) in [7, 11) is -3.68. The molecule has 3 aromatic rings. The minimum Gasteiger partial charge on any atom is -0.483 e. The number of carbonyl (C=O) groups is 1. The van der Waals surface area contributed by atoms with Crippen LogP contribution in [0.2, 0.25) is 5.02 Å². The summed E-state index contributed by atoms with van der Waals surface area (Å²) in [4.78, 5) is 12.5. The van der Waals surface area contributed by atoms with Gasteiger partial charge in [0.15, 0.2) is 6.61 Å². The molecule has 0 atom stereocenters. The summed E-state index contributed by atoms with van der Waals surface area (Å²) in [5, 5.41) is 3.38. The molecule has 4 rings (SSSR count). The summed E-state index contributed by atoms with van der Waals surface area (Å²) in [6, 6.07) is 17.4. The van der Waals surface area contributed by atoms with Crippen molar-refractivity contribution in [1.82, 2.24) is 0 Å². The normalized spacial score (nSPS) is 13.0. The van der Waals surface area contributed by atoms with Crippen molar-refractivity contribution < 1.29 is 17.9 Å². The molecule has 6 nitrogen and oxygen atoms in total. The number of benzene rings is 3. The van der Waals surface area contributed by atoms with Gasteiger partial charge >= 0.3 is 0 Å². The second kappa shape index (κ2) is 8.84. The van der Waals surface area contributed by atoms with Crippen LogP contribution in [-0.2, 0) is 21.2 Å². The minimum atomic E-state index is -3.68. The molecule has 8 heteroatoms. The van der Waals surface area contributed by atoms with Crippen LogP contribution in [0.3, 0.4) is 0 Å². The molecule has 0 radical (unpaired) electrons. The number of hydrogen-bond donors (Lipinski definition) is 1. The first-order valence-corrected chi connectivity index (χ1v) is 12.0. The monoisotopic (exact) mass is 470 g/mol. The Morgan fingerprint density at radius 3 is 2.59 bits per heavy atom. The number of sulfonamides is 1. The quantitative estimate of drug-likeness (QED) is 0.565. The number of hydrogen-bond acceptors (Lipinski definition) is 4. The third-order valence-electron chi connectivity index (χ3n) is 5.40. The highest BCUT2D eigenvalue weighted by molar-refractivity contribution is 7.92. The first-order chi connectivity index (χ1) is 15.3. The van der Waals surface area contributed by atoms with Crippen LogP contribution in [0.15, 0.2) is 65.6 Å². The summed E-state index contributed by atoms with van der Waals surface area (Å²) in [6.45, 7) is 3.83. The van der Waals surface area contributed by atoms with E-state index in [-0.39, 0.29) is 17.4 Å². The number of aryl methyl sites for hydroxylation is 2. The molecule has 1 heterocycles. The van der Waals surface area contributed by atoms with Gasteiger partial charge in [0, 0.05) is 17.3 Å². The molecular formula is C24H23ClN2O4S. The molecule has 0 aromatic heterocycles. The Hall–Kier alpha value is -3.03. The van der Waals surface area contributed by atoms with Crippen molar-refractivity contribution in [2.45, 2.75) is 25.2 Å². The van der Waals surface area contributed by atoms with Crippen LogP contribution < -0.4 is 14.4 Å². The molecule has 0 bridgehead atoms. The molecule has 3 aromatic carbocycles. The van der Waals surface area contributed by atoms with E-state index in [2.05, 4.69) is 5.32 Å². The molecule has 1 aliphatic heterocycles. The summed E-state index contributed by atoms with van der Waals surface area (Å²) in [6.07, 6.45) is 0.692. The number of nitrogens with one attached hydrogen (secondary N) is 1. The highest BCUT2D eigenvalue weighted by atomic mass is 35.5. The van der Waals surface area contributed by atoms with Gasteiger partial charge in [0.2, 0.25) is 0 Å². The Bertz CT molecular complexity index is 1290. The Balaban J connectivity index is 1.45. The Morgan fingerprint density at radius 1 is 1.06 bits per heavy atom. The van der Waals surface area contributed by atoms with Gasteiger partial charge in [0.1, 0.15) is 5.75 Å². The van der Waals surface area contributed by atoms with Crippen LogP contribution in [0, 0.1) is 13.8 Å². The van der Waals surface area contributed by atoms with Gasteiger partial charge in [0.05, 0.1) is 10.6 Å². The van der Waals surface area contributed by atoms with E-state index in [0.717, 1.165) is 16.8 Å². The fourth-order valence-corrected chi connectivity index (χ4v) is 5.54. The molecule has 0 spiro atoms. The second-order valence-electron chi connectivity index (χ2n) is 7.68. The van der Waals surface area contributed by atoms with Crippen molar-refractivity contribution in [3.05, 3.63) is 82.4 Å². The first kappa shape index (κ1) is 22.2. The SMILES string of the molecule is Cc1cc(Cl)ccc1NC(=O)COc1ccc(S(=O)(=O)N2CCc3ccccc32)cc1C. The number of rotatable bonds is 6. The molecular weight excluding hydrogens is 448 g/mol. The average Bonchev–Trinajstić information content (AvgIpc) is 3.20. The number of halogens is 1. The molecule has 166 valence electrons. The van der Waals surface area contributed by atoms with E-state index >= 15 is 0 Å². The van der Waals surface area contributed by atoms with Crippen LogP contribution in [-0.4, -0.2) is 27.5 Å². The number of ether oxygens (including phenoxy) is 1. The number of carbonyl (C=O) groups excluding carboxylic acids is 1. The van der Waals surface area contributed by atoms with Gasteiger partial charge in [-0.15, -0.1) is 0 Å². The van der Waals surface area contributed by atoms with Crippen LogP contribution >= 0.6 is 11.6 Å². The first-order valence-electron chi connectivity index (χ1n) is 10.2. The summed E-state index contributed by atoms with van der Waals surface area (Å²) >= 11 is 5.94. The van der Waals surface area contributed by atoms with Gasteiger partial charge in [0.25, 0.3) is 15.9 Å². The lowest BCUT2D eigenvalue weighted by Crippen LogP contribution is -2.29. The highest BCUT2D eigenvalue weighted by Gasteiger charge is 2.30. The predicted molar refractivity (Wildman–Crippen MR) is 126 cm³/mol. The molecule has 1 N–H and O–H groups in total. The lowest BCUT2D eigenvalue weighted by molar-refractivity contribution is -0.118. The van der Waals surface area contributed by atoms with Gasteiger partial charge in [-0.05, 0) is 79.4 Å². The molecule has 0 fully saturated rings. The van der Waals surface area contributed by atoms with Crippen molar-refractivity contribution in [2.24, 2.45) is 0 Å². The van der Waals surface area contributed by atoms with Gasteiger partial charge in [-0.25, -0.2) is 8.42 Å². The number of anilines is 2. The molecule has 1 amide bonds. The smallest absolute Gasteiger partial charge is 0.264 e. The molecule has 0 saturated carbocycles. The van der Waals surface area contributed by atoms with E-state index < -0.39 is 10.0 Å². The largest absolute Gasteiger partial charge is 0.483 e. The fraction of sp³-hybridized carbons (Fsp3) is 0.208. The second-order valence-corrected chi connectivity index (χ2v) is 9.98. The van der Waals surface area contributed by atoms with Gasteiger partial charge in [-0.1, -0.05) is 29.8 Å². The topological polar surface area (TPSA) is 75.7 Å². The van der Waals surface area contributed by atoms with Gasteiger partial charge in [-0.3, -0.25) is 9.10 Å². The molecule has 0 aliphatic carbocycles. The van der Waals surface area contributed by atoms with Crippen LogP contribution in [0.25, 0.3) is 0 Å². The molecule has 0 saturated heterocycles. The zero-order chi connectivity index (χ0) is 22.9. The van der Waals surface area contributed by atoms with Crippen molar-refractivity contribution in [2.75, 3.05) is 22.8 Å². The van der Waals surface area contributed by atoms with Gasteiger partial charge < -0.3 is 10.1 Å². The van der Waals surface area contributed by atoms with E-state index in [0.29, 0.717) is 35.0 Å². The predicted octanol–water partition coefficient (Wildman–Crippen LogP) is 4.73. The number of para-hydroxylation sites is 1. The number of amides is 1. The molecule has 0 unspecified atom stereocenters. The lowest BCUT2D eigenvalue weighted by atomic mass is 10.2. The highest BCUT2D eigenvalue weighted by Crippen LogP contribution is 2.33. The standard InChI is InChI=1S/C24H23ClN2O4S/c1-16-13-19(25)7-9-21(16)26-24(28)15-31-23-10-8-20(14-17(23)2)32(29,30)27-12-11-18-5-3-4-6-22(18)27/h3-10,13-14H,11-12,15H2,1-2H3,(H,26,28). The van der Waals surface area contributed by atoms with Crippen molar-refractivity contribution >= 4 is 38.9 Å². The zero-order valence-corrected chi connectivity index (χ0v) is 19.3. The Kier molecular flexibility index (Phi) is 6.13. The van der Waals surface area contributed by atoms with E-state index in [1.807, 2.05) is 31.2 Å². The fourth-order valence-electron chi connectivity index (χ4n) is 3.73. The Morgan fingerprint density at radius 2 is 1.84 bits per heavy atom. The molecule has 32 heavy (non-hydrogen) atoms. The van der Waals surface area contributed by atoms with E-state index in [1.165, 1.54) is 10.4 Å². The third-order valence-corrected chi connectivity index (χ3v) is 7.44. The number of nitrogens with zero attached hydrogens (tertiary/aromatic N) is 1. The van der Waals surface area contributed by atoms with E-state index in [9.17, 15) is 13.2 Å². The maximum Gasteiger partial charge on any atom is 0.264 e. The van der Waals surface area contributed by atoms with E-state index in [1.54, 1.807) is 37.3 Å². The lowest BCUT2D eigenvalue weighted by Gasteiger charge is -2.20. The zero-order valence-electron chi connectivity index (χ0n) is 17.8.